The van der Waals surface area contributed by atoms with E-state index in [-0.39, 0.29) is 5.69 Å². The van der Waals surface area contributed by atoms with Crippen LogP contribution in [-0.2, 0) is 0 Å². The third kappa shape index (κ3) is 1.77. The third-order valence-corrected chi connectivity index (χ3v) is 2.07. The maximum absolute atomic E-state index is 10.6. The van der Waals surface area contributed by atoms with E-state index in [1.165, 1.54) is 10.7 Å². The summed E-state index contributed by atoms with van der Waals surface area (Å²) in [6.07, 6.45) is 1.56. The van der Waals surface area contributed by atoms with Crippen molar-refractivity contribution in [3.05, 3.63) is 47.8 Å². The third-order valence-electron chi connectivity index (χ3n) is 2.07. The summed E-state index contributed by atoms with van der Waals surface area (Å²) in [5.41, 5.74) is 1.25. The highest BCUT2D eigenvalue weighted by Crippen LogP contribution is 2.09. The number of carboxylic acid groups (broad SMARTS) is 1. The van der Waals surface area contributed by atoms with E-state index in [0.29, 0.717) is 11.3 Å². The van der Waals surface area contributed by atoms with Crippen LogP contribution in [0.5, 0.6) is 0 Å². The molecule has 0 bridgehead atoms. The topological polar surface area (TPSA) is 78.9 Å². The van der Waals surface area contributed by atoms with Crippen molar-refractivity contribution in [3.63, 3.8) is 0 Å². The SMILES string of the molecule is N#Cc1ccc(-n2ccc(C(=O)O)n2)cc1. The van der Waals surface area contributed by atoms with Gasteiger partial charge in [-0.25, -0.2) is 9.48 Å². The summed E-state index contributed by atoms with van der Waals surface area (Å²) in [6.45, 7) is 0. The predicted octanol–water partition coefficient (Wildman–Crippen LogP) is 1.44. The van der Waals surface area contributed by atoms with Gasteiger partial charge in [0.2, 0.25) is 0 Å². The van der Waals surface area contributed by atoms with Crippen molar-refractivity contribution < 1.29 is 9.90 Å². The fourth-order valence-corrected chi connectivity index (χ4v) is 1.27. The molecule has 0 aliphatic heterocycles. The molecule has 2 rings (SSSR count). The van der Waals surface area contributed by atoms with E-state index in [2.05, 4.69) is 5.10 Å². The summed E-state index contributed by atoms with van der Waals surface area (Å²) in [7, 11) is 0. The average molecular weight is 213 g/mol. The molecule has 2 aromatic rings. The average Bonchev–Trinajstić information content (AvgIpc) is 2.78. The number of hydrogen-bond acceptors (Lipinski definition) is 3. The lowest BCUT2D eigenvalue weighted by molar-refractivity contribution is 0.0690. The lowest BCUT2D eigenvalue weighted by Crippen LogP contribution is -2.00. The van der Waals surface area contributed by atoms with Crippen molar-refractivity contribution in [2.24, 2.45) is 0 Å². The molecule has 0 atom stereocenters. The van der Waals surface area contributed by atoms with Crippen molar-refractivity contribution >= 4 is 5.97 Å². The van der Waals surface area contributed by atoms with Gasteiger partial charge in [0.25, 0.3) is 0 Å². The van der Waals surface area contributed by atoms with E-state index in [4.69, 9.17) is 10.4 Å². The van der Waals surface area contributed by atoms with Gasteiger partial charge in [0.15, 0.2) is 5.69 Å². The highest BCUT2D eigenvalue weighted by molar-refractivity contribution is 5.85. The molecular weight excluding hydrogens is 206 g/mol. The Balaban J connectivity index is 2.36. The van der Waals surface area contributed by atoms with Gasteiger partial charge in [0.05, 0.1) is 17.3 Å². The van der Waals surface area contributed by atoms with Crippen molar-refractivity contribution in [2.75, 3.05) is 0 Å². The van der Waals surface area contributed by atoms with E-state index in [9.17, 15) is 4.79 Å². The Morgan fingerprint density at radius 2 is 2.00 bits per heavy atom. The molecule has 1 aromatic carbocycles. The predicted molar refractivity (Wildman–Crippen MR) is 55.2 cm³/mol. The number of hydrogen-bond donors (Lipinski definition) is 1. The van der Waals surface area contributed by atoms with Crippen LogP contribution >= 0.6 is 0 Å². The van der Waals surface area contributed by atoms with Gasteiger partial charge in [-0.15, -0.1) is 0 Å². The second kappa shape index (κ2) is 3.87. The number of aromatic nitrogens is 2. The zero-order chi connectivity index (χ0) is 11.5. The summed E-state index contributed by atoms with van der Waals surface area (Å²) < 4.78 is 1.45. The molecular formula is C11H7N3O2. The molecule has 0 saturated carbocycles. The van der Waals surface area contributed by atoms with Gasteiger partial charge in [-0.2, -0.15) is 10.4 Å². The maximum Gasteiger partial charge on any atom is 0.356 e. The molecule has 0 spiro atoms. The summed E-state index contributed by atoms with van der Waals surface area (Å²) >= 11 is 0. The smallest absolute Gasteiger partial charge is 0.356 e. The van der Waals surface area contributed by atoms with Crippen LogP contribution in [0.25, 0.3) is 5.69 Å². The van der Waals surface area contributed by atoms with Crippen LogP contribution in [-0.4, -0.2) is 20.9 Å². The zero-order valence-electron chi connectivity index (χ0n) is 8.16. The van der Waals surface area contributed by atoms with E-state index in [0.717, 1.165) is 0 Å². The largest absolute Gasteiger partial charge is 0.476 e. The van der Waals surface area contributed by atoms with Crippen molar-refractivity contribution in [3.8, 4) is 11.8 Å². The van der Waals surface area contributed by atoms with E-state index < -0.39 is 5.97 Å². The molecule has 0 radical (unpaired) electrons. The quantitative estimate of drug-likeness (QED) is 0.818. The number of benzene rings is 1. The molecule has 0 fully saturated rings. The Kier molecular flexibility index (Phi) is 2.40. The van der Waals surface area contributed by atoms with Crippen molar-refractivity contribution in [2.45, 2.75) is 0 Å². The van der Waals surface area contributed by atoms with Crippen LogP contribution in [0.15, 0.2) is 36.5 Å². The summed E-state index contributed by atoms with van der Waals surface area (Å²) in [6, 6.07) is 10.1. The van der Waals surface area contributed by atoms with Gasteiger partial charge >= 0.3 is 5.97 Å². The number of carbonyl (C=O) groups is 1. The van der Waals surface area contributed by atoms with Crippen molar-refractivity contribution in [1.29, 1.82) is 5.26 Å². The normalized spacial score (nSPS) is 9.69. The molecule has 5 nitrogen and oxygen atoms in total. The van der Waals surface area contributed by atoms with Gasteiger partial charge in [0.1, 0.15) is 0 Å². The molecule has 0 amide bonds. The summed E-state index contributed by atoms with van der Waals surface area (Å²) in [4.78, 5) is 10.6. The standard InChI is InChI=1S/C11H7N3O2/c12-7-8-1-3-9(4-2-8)14-6-5-10(13-14)11(15)16/h1-6H,(H,15,16). The monoisotopic (exact) mass is 213 g/mol. The molecule has 1 N–H and O–H groups in total. The number of nitrogens with zero attached hydrogens (tertiary/aromatic N) is 3. The minimum absolute atomic E-state index is 0.00985. The molecule has 1 aromatic heterocycles. The molecule has 0 saturated heterocycles. The number of rotatable bonds is 2. The van der Waals surface area contributed by atoms with Crippen LogP contribution in [0.1, 0.15) is 16.1 Å². The maximum atomic E-state index is 10.6. The van der Waals surface area contributed by atoms with Crippen LogP contribution in [0.3, 0.4) is 0 Å². The van der Waals surface area contributed by atoms with E-state index in [1.807, 2.05) is 6.07 Å². The van der Waals surface area contributed by atoms with Crippen LogP contribution in [0, 0.1) is 11.3 Å². The van der Waals surface area contributed by atoms with Crippen molar-refractivity contribution in [1.82, 2.24) is 9.78 Å². The first-order chi connectivity index (χ1) is 7.70. The Hall–Kier alpha value is -2.61. The Labute approximate surface area is 91.2 Å². The summed E-state index contributed by atoms with van der Waals surface area (Å²) in [5.74, 6) is -1.06. The van der Waals surface area contributed by atoms with Gasteiger partial charge in [-0.3, -0.25) is 0 Å². The molecule has 0 aliphatic rings. The van der Waals surface area contributed by atoms with Gasteiger partial charge in [-0.05, 0) is 30.3 Å². The van der Waals surface area contributed by atoms with Gasteiger partial charge in [-0.1, -0.05) is 0 Å². The van der Waals surface area contributed by atoms with E-state index >= 15 is 0 Å². The number of carboxylic acids is 1. The second-order valence-corrected chi connectivity index (χ2v) is 3.11. The van der Waals surface area contributed by atoms with Crippen LogP contribution < -0.4 is 0 Å². The molecule has 16 heavy (non-hydrogen) atoms. The Bertz CT molecular complexity index is 564. The minimum atomic E-state index is -1.06. The van der Waals surface area contributed by atoms with E-state index in [1.54, 1.807) is 30.5 Å². The van der Waals surface area contributed by atoms with Gasteiger partial charge in [0, 0.05) is 6.20 Å². The Morgan fingerprint density at radius 1 is 1.31 bits per heavy atom. The van der Waals surface area contributed by atoms with Gasteiger partial charge < -0.3 is 5.11 Å². The first-order valence-electron chi connectivity index (χ1n) is 4.50. The zero-order valence-corrected chi connectivity index (χ0v) is 8.16. The first-order valence-corrected chi connectivity index (χ1v) is 4.50. The highest BCUT2D eigenvalue weighted by Gasteiger charge is 2.07. The molecule has 0 unspecified atom stereocenters. The number of aromatic carboxylic acids is 1. The minimum Gasteiger partial charge on any atom is -0.476 e. The summed E-state index contributed by atoms with van der Waals surface area (Å²) in [5, 5.41) is 21.2. The Morgan fingerprint density at radius 3 is 2.50 bits per heavy atom. The first kappa shape index (κ1) is 9.93. The lowest BCUT2D eigenvalue weighted by atomic mass is 10.2. The fraction of sp³-hybridized carbons (Fsp3) is 0. The molecule has 5 heteroatoms. The van der Waals surface area contributed by atoms with Crippen LogP contribution in [0.2, 0.25) is 0 Å². The lowest BCUT2D eigenvalue weighted by Gasteiger charge is -1.99. The second-order valence-electron chi connectivity index (χ2n) is 3.11. The van der Waals surface area contributed by atoms with Crippen LogP contribution in [0.4, 0.5) is 0 Å². The molecule has 78 valence electrons. The number of nitriles is 1. The molecule has 1 heterocycles. The fourth-order valence-electron chi connectivity index (χ4n) is 1.27. The highest BCUT2D eigenvalue weighted by atomic mass is 16.4. The molecule has 0 aliphatic carbocycles.